The molecule has 2 amide bonds. The Morgan fingerprint density at radius 1 is 0.875 bits per heavy atom. The normalized spacial score (nSPS) is 15.0. The Morgan fingerprint density at radius 3 is 2.17 bits per heavy atom. The van der Waals surface area contributed by atoms with Gasteiger partial charge in [-0.25, -0.2) is 0 Å². The van der Waals surface area contributed by atoms with E-state index in [1.807, 2.05) is 59.5 Å². The van der Waals surface area contributed by atoms with Crippen LogP contribution < -0.4 is 4.90 Å². The van der Waals surface area contributed by atoms with Crippen LogP contribution in [0.2, 0.25) is 0 Å². The molecule has 0 N–H and O–H groups in total. The van der Waals surface area contributed by atoms with Gasteiger partial charge in [0.15, 0.2) is 0 Å². The third-order valence-electron chi connectivity index (χ3n) is 4.32. The van der Waals surface area contributed by atoms with Crippen LogP contribution in [0.25, 0.3) is 11.1 Å². The molecule has 2 aromatic rings. The highest BCUT2D eigenvalue weighted by Gasteiger charge is 2.31. The highest BCUT2D eigenvalue weighted by atomic mass is 16.2. The molecule has 2 aromatic carbocycles. The van der Waals surface area contributed by atoms with Gasteiger partial charge in [0.25, 0.3) is 0 Å². The van der Waals surface area contributed by atoms with E-state index in [4.69, 9.17) is 0 Å². The van der Waals surface area contributed by atoms with Gasteiger partial charge in [-0.1, -0.05) is 61.9 Å². The summed E-state index contributed by atoms with van der Waals surface area (Å²) in [5.41, 5.74) is 3.06. The predicted molar refractivity (Wildman–Crippen MR) is 95.7 cm³/mol. The predicted octanol–water partition coefficient (Wildman–Crippen LogP) is 3.33. The second-order valence-corrected chi connectivity index (χ2v) is 6.03. The molecule has 4 nitrogen and oxygen atoms in total. The average Bonchev–Trinajstić information content (AvgIpc) is 2.62. The maximum absolute atomic E-state index is 12.4. The molecule has 1 saturated heterocycles. The van der Waals surface area contributed by atoms with Crippen LogP contribution in [0.4, 0.5) is 5.69 Å². The molecule has 1 aliphatic heterocycles. The van der Waals surface area contributed by atoms with Gasteiger partial charge in [0.1, 0.15) is 0 Å². The summed E-state index contributed by atoms with van der Waals surface area (Å²) in [6.07, 6.45) is 1.83. The number of anilines is 1. The zero-order valence-electron chi connectivity index (χ0n) is 13.9. The van der Waals surface area contributed by atoms with Gasteiger partial charge in [-0.05, 0) is 18.1 Å². The number of hydrogen-bond acceptors (Lipinski definition) is 3. The number of para-hydroxylation sites is 1. The Labute approximate surface area is 142 Å². The van der Waals surface area contributed by atoms with E-state index in [0.29, 0.717) is 6.54 Å². The van der Waals surface area contributed by atoms with Crippen molar-refractivity contribution in [2.45, 2.75) is 19.8 Å². The van der Waals surface area contributed by atoms with Crippen molar-refractivity contribution in [2.24, 2.45) is 0 Å². The Bertz CT molecular complexity index is 709. The summed E-state index contributed by atoms with van der Waals surface area (Å²) in [7, 11) is 0. The summed E-state index contributed by atoms with van der Waals surface area (Å²) in [6, 6.07) is 18.0. The Kier molecular flexibility index (Phi) is 4.94. The monoisotopic (exact) mass is 322 g/mol. The minimum Gasteiger partial charge on any atom is -0.352 e. The fourth-order valence-corrected chi connectivity index (χ4v) is 3.04. The summed E-state index contributed by atoms with van der Waals surface area (Å²) < 4.78 is 0. The van der Waals surface area contributed by atoms with Crippen LogP contribution in [0.1, 0.15) is 19.8 Å². The van der Waals surface area contributed by atoms with Crippen molar-refractivity contribution >= 4 is 17.5 Å². The second-order valence-electron chi connectivity index (χ2n) is 6.03. The minimum absolute atomic E-state index is 0.109. The Hall–Kier alpha value is -2.62. The first-order chi connectivity index (χ1) is 11.7. The van der Waals surface area contributed by atoms with Crippen molar-refractivity contribution < 1.29 is 9.59 Å². The van der Waals surface area contributed by atoms with Gasteiger partial charge in [-0.3, -0.25) is 14.5 Å². The SMILES string of the molecule is CCCCN1C(=O)CN(c2ccccc2-c2ccccc2)CC1=O. The first-order valence-electron chi connectivity index (χ1n) is 8.43. The molecule has 124 valence electrons. The van der Waals surface area contributed by atoms with Gasteiger partial charge in [0.05, 0.1) is 13.1 Å². The molecule has 0 bridgehead atoms. The van der Waals surface area contributed by atoms with Gasteiger partial charge >= 0.3 is 0 Å². The van der Waals surface area contributed by atoms with Gasteiger partial charge in [0, 0.05) is 17.8 Å². The summed E-state index contributed by atoms with van der Waals surface area (Å²) in [5, 5.41) is 0. The molecule has 4 heteroatoms. The van der Waals surface area contributed by atoms with Gasteiger partial charge in [-0.2, -0.15) is 0 Å². The van der Waals surface area contributed by atoms with Crippen molar-refractivity contribution in [3.05, 3.63) is 54.6 Å². The van der Waals surface area contributed by atoms with Gasteiger partial charge < -0.3 is 4.90 Å². The molecular weight excluding hydrogens is 300 g/mol. The fourth-order valence-electron chi connectivity index (χ4n) is 3.04. The smallest absolute Gasteiger partial charge is 0.248 e. The van der Waals surface area contributed by atoms with Crippen molar-refractivity contribution in [3.63, 3.8) is 0 Å². The molecule has 0 spiro atoms. The minimum atomic E-state index is -0.109. The van der Waals surface area contributed by atoms with E-state index in [9.17, 15) is 9.59 Å². The molecule has 0 saturated carbocycles. The molecule has 1 heterocycles. The molecule has 1 aliphatic rings. The van der Waals surface area contributed by atoms with Crippen LogP contribution in [0.15, 0.2) is 54.6 Å². The lowest BCUT2D eigenvalue weighted by Crippen LogP contribution is -2.54. The lowest BCUT2D eigenvalue weighted by atomic mass is 10.0. The van der Waals surface area contributed by atoms with E-state index in [1.165, 1.54) is 4.90 Å². The number of carbonyl (C=O) groups excluding carboxylic acids is 2. The number of rotatable bonds is 5. The maximum Gasteiger partial charge on any atom is 0.248 e. The number of unbranched alkanes of at least 4 members (excludes halogenated alkanes) is 1. The number of hydrogen-bond donors (Lipinski definition) is 0. The average molecular weight is 322 g/mol. The lowest BCUT2D eigenvalue weighted by molar-refractivity contribution is -0.145. The Balaban J connectivity index is 1.86. The van der Waals surface area contributed by atoms with Crippen LogP contribution in [0.5, 0.6) is 0 Å². The standard InChI is InChI=1S/C20H22N2O2/c1-2-3-13-22-19(23)14-21(15-20(22)24)18-12-8-7-11-17(18)16-9-5-4-6-10-16/h4-12H,2-3,13-15H2,1H3. The third kappa shape index (κ3) is 3.32. The van der Waals surface area contributed by atoms with Crippen molar-refractivity contribution in [1.82, 2.24) is 4.90 Å². The number of amides is 2. The molecule has 24 heavy (non-hydrogen) atoms. The molecule has 0 aromatic heterocycles. The highest BCUT2D eigenvalue weighted by Crippen LogP contribution is 2.31. The van der Waals surface area contributed by atoms with E-state index in [0.717, 1.165) is 29.7 Å². The number of nitrogens with zero attached hydrogens (tertiary/aromatic N) is 2. The number of benzene rings is 2. The Morgan fingerprint density at radius 2 is 1.50 bits per heavy atom. The van der Waals surface area contributed by atoms with Crippen molar-refractivity contribution in [3.8, 4) is 11.1 Å². The van der Waals surface area contributed by atoms with Crippen LogP contribution in [0.3, 0.4) is 0 Å². The highest BCUT2D eigenvalue weighted by molar-refractivity contribution is 6.03. The first kappa shape index (κ1) is 16.2. The zero-order valence-corrected chi connectivity index (χ0v) is 13.9. The van der Waals surface area contributed by atoms with E-state index in [-0.39, 0.29) is 24.9 Å². The summed E-state index contributed by atoms with van der Waals surface area (Å²) in [6.45, 7) is 3.09. The molecule has 0 radical (unpaired) electrons. The molecule has 3 rings (SSSR count). The first-order valence-corrected chi connectivity index (χ1v) is 8.43. The van der Waals surface area contributed by atoms with Crippen LogP contribution in [0, 0.1) is 0 Å². The third-order valence-corrected chi connectivity index (χ3v) is 4.32. The lowest BCUT2D eigenvalue weighted by Gasteiger charge is -2.35. The topological polar surface area (TPSA) is 40.6 Å². The van der Waals surface area contributed by atoms with Crippen LogP contribution in [-0.4, -0.2) is 36.3 Å². The van der Waals surface area contributed by atoms with Crippen LogP contribution in [-0.2, 0) is 9.59 Å². The quantitative estimate of drug-likeness (QED) is 0.793. The van der Waals surface area contributed by atoms with Crippen LogP contribution >= 0.6 is 0 Å². The zero-order chi connectivity index (χ0) is 16.9. The summed E-state index contributed by atoms with van der Waals surface area (Å²) in [4.78, 5) is 28.1. The molecule has 0 atom stereocenters. The number of imide groups is 1. The van der Waals surface area contributed by atoms with Crippen molar-refractivity contribution in [1.29, 1.82) is 0 Å². The number of piperazine rings is 1. The van der Waals surface area contributed by atoms with Gasteiger partial charge in [-0.15, -0.1) is 0 Å². The molecule has 0 unspecified atom stereocenters. The van der Waals surface area contributed by atoms with Crippen molar-refractivity contribution in [2.75, 3.05) is 24.5 Å². The number of carbonyl (C=O) groups is 2. The van der Waals surface area contributed by atoms with E-state index in [1.54, 1.807) is 0 Å². The van der Waals surface area contributed by atoms with E-state index >= 15 is 0 Å². The summed E-state index contributed by atoms with van der Waals surface area (Å²) >= 11 is 0. The molecule has 1 fully saturated rings. The second kappa shape index (κ2) is 7.30. The molecule has 0 aliphatic carbocycles. The maximum atomic E-state index is 12.4. The molecular formula is C20H22N2O2. The fraction of sp³-hybridized carbons (Fsp3) is 0.300. The van der Waals surface area contributed by atoms with E-state index in [2.05, 4.69) is 6.92 Å². The summed E-state index contributed by atoms with van der Waals surface area (Å²) in [5.74, 6) is -0.217. The van der Waals surface area contributed by atoms with Gasteiger partial charge in [0.2, 0.25) is 11.8 Å². The van der Waals surface area contributed by atoms with E-state index < -0.39 is 0 Å². The largest absolute Gasteiger partial charge is 0.352 e.